The largest absolute Gasteiger partial charge is 0.368 e. The van der Waals surface area contributed by atoms with Crippen LogP contribution in [-0.2, 0) is 0 Å². The van der Waals surface area contributed by atoms with E-state index >= 15 is 0 Å². The molecule has 1 fully saturated rings. The van der Waals surface area contributed by atoms with Gasteiger partial charge < -0.3 is 21.3 Å². The first-order chi connectivity index (χ1) is 10.1. The van der Waals surface area contributed by atoms with Crippen LogP contribution in [0.5, 0.6) is 0 Å². The Balaban J connectivity index is 1.78. The molecule has 21 heavy (non-hydrogen) atoms. The van der Waals surface area contributed by atoms with Gasteiger partial charge in [-0.2, -0.15) is 9.97 Å². The lowest BCUT2D eigenvalue weighted by Crippen LogP contribution is -2.57. The van der Waals surface area contributed by atoms with Crippen LogP contribution in [0.3, 0.4) is 0 Å². The SMILES string of the molecule is CNC1CN(c2cc(Nc3cccc(C)c3)nc(N)n2)C1. The number of anilines is 4. The third-order valence-electron chi connectivity index (χ3n) is 3.63. The van der Waals surface area contributed by atoms with Gasteiger partial charge in [0.05, 0.1) is 0 Å². The monoisotopic (exact) mass is 284 g/mol. The van der Waals surface area contributed by atoms with Gasteiger partial charge in [-0.25, -0.2) is 0 Å². The van der Waals surface area contributed by atoms with Crippen molar-refractivity contribution in [2.75, 3.05) is 36.1 Å². The number of nitrogens with one attached hydrogen (secondary N) is 2. The summed E-state index contributed by atoms with van der Waals surface area (Å²) in [7, 11) is 1.97. The highest BCUT2D eigenvalue weighted by Crippen LogP contribution is 2.24. The van der Waals surface area contributed by atoms with E-state index in [0.717, 1.165) is 30.4 Å². The molecule has 1 aromatic carbocycles. The van der Waals surface area contributed by atoms with Crippen molar-refractivity contribution in [3.8, 4) is 0 Å². The molecule has 6 heteroatoms. The number of aryl methyl sites for hydroxylation is 1. The first kappa shape index (κ1) is 13.6. The summed E-state index contributed by atoms with van der Waals surface area (Å²) in [5, 5.41) is 6.53. The van der Waals surface area contributed by atoms with Gasteiger partial charge in [0, 0.05) is 30.9 Å². The van der Waals surface area contributed by atoms with Crippen LogP contribution in [0.25, 0.3) is 0 Å². The van der Waals surface area contributed by atoms with Crippen LogP contribution in [0.2, 0.25) is 0 Å². The van der Waals surface area contributed by atoms with Gasteiger partial charge in [0.2, 0.25) is 5.95 Å². The molecule has 0 saturated carbocycles. The highest BCUT2D eigenvalue weighted by Gasteiger charge is 2.26. The molecule has 0 unspecified atom stereocenters. The quantitative estimate of drug-likeness (QED) is 0.790. The predicted molar refractivity (Wildman–Crippen MR) is 86.0 cm³/mol. The Morgan fingerprint density at radius 3 is 2.76 bits per heavy atom. The first-order valence-corrected chi connectivity index (χ1v) is 7.04. The maximum absolute atomic E-state index is 5.82. The zero-order valence-corrected chi connectivity index (χ0v) is 12.3. The Kier molecular flexibility index (Phi) is 3.62. The smallest absolute Gasteiger partial charge is 0.223 e. The van der Waals surface area contributed by atoms with E-state index in [2.05, 4.69) is 44.6 Å². The lowest BCUT2D eigenvalue weighted by Gasteiger charge is -2.40. The van der Waals surface area contributed by atoms with E-state index < -0.39 is 0 Å². The van der Waals surface area contributed by atoms with Crippen LogP contribution < -0.4 is 21.3 Å². The molecule has 4 N–H and O–H groups in total. The summed E-state index contributed by atoms with van der Waals surface area (Å²) in [6, 6.07) is 10.6. The number of nitrogens with two attached hydrogens (primary N) is 1. The zero-order valence-electron chi connectivity index (χ0n) is 12.3. The van der Waals surface area contributed by atoms with Crippen molar-refractivity contribution in [2.24, 2.45) is 0 Å². The fraction of sp³-hybridized carbons (Fsp3) is 0.333. The molecule has 1 aliphatic heterocycles. The van der Waals surface area contributed by atoms with Crippen molar-refractivity contribution in [3.05, 3.63) is 35.9 Å². The number of rotatable bonds is 4. The van der Waals surface area contributed by atoms with E-state index in [9.17, 15) is 0 Å². The van der Waals surface area contributed by atoms with Gasteiger partial charge >= 0.3 is 0 Å². The second-order valence-electron chi connectivity index (χ2n) is 5.35. The fourth-order valence-corrected chi connectivity index (χ4v) is 2.40. The molecule has 0 atom stereocenters. The van der Waals surface area contributed by atoms with E-state index in [1.165, 1.54) is 5.56 Å². The number of hydrogen-bond acceptors (Lipinski definition) is 6. The maximum atomic E-state index is 5.82. The van der Waals surface area contributed by atoms with Crippen molar-refractivity contribution in [1.82, 2.24) is 15.3 Å². The average Bonchev–Trinajstić information content (AvgIpc) is 2.36. The van der Waals surface area contributed by atoms with Crippen molar-refractivity contribution in [3.63, 3.8) is 0 Å². The molecule has 3 rings (SSSR count). The lowest BCUT2D eigenvalue weighted by molar-refractivity contribution is 0.447. The van der Waals surface area contributed by atoms with Crippen molar-refractivity contribution in [1.29, 1.82) is 0 Å². The van der Waals surface area contributed by atoms with Crippen molar-refractivity contribution < 1.29 is 0 Å². The van der Waals surface area contributed by atoms with Gasteiger partial charge in [0.1, 0.15) is 11.6 Å². The molecule has 2 aromatic rings. The van der Waals surface area contributed by atoms with E-state index in [1.54, 1.807) is 0 Å². The molecule has 1 aromatic heterocycles. The summed E-state index contributed by atoms with van der Waals surface area (Å²) < 4.78 is 0. The van der Waals surface area contributed by atoms with Crippen LogP contribution in [0.4, 0.5) is 23.3 Å². The Morgan fingerprint density at radius 2 is 2.05 bits per heavy atom. The molecule has 0 bridgehead atoms. The predicted octanol–water partition coefficient (Wildman–Crippen LogP) is 1.52. The lowest BCUT2D eigenvalue weighted by atomic mass is 10.1. The minimum atomic E-state index is 0.288. The molecular weight excluding hydrogens is 264 g/mol. The van der Waals surface area contributed by atoms with Crippen LogP contribution in [-0.4, -0.2) is 36.1 Å². The van der Waals surface area contributed by atoms with Crippen LogP contribution in [0, 0.1) is 6.92 Å². The Morgan fingerprint density at radius 1 is 1.24 bits per heavy atom. The number of nitrogen functional groups attached to an aromatic ring is 1. The second kappa shape index (κ2) is 5.57. The third kappa shape index (κ3) is 3.05. The summed E-state index contributed by atoms with van der Waals surface area (Å²) in [6.07, 6.45) is 0. The van der Waals surface area contributed by atoms with Crippen molar-refractivity contribution in [2.45, 2.75) is 13.0 Å². The second-order valence-corrected chi connectivity index (χ2v) is 5.35. The minimum Gasteiger partial charge on any atom is -0.368 e. The summed E-state index contributed by atoms with van der Waals surface area (Å²) in [6.45, 7) is 3.94. The maximum Gasteiger partial charge on any atom is 0.223 e. The van der Waals surface area contributed by atoms with E-state index in [-0.39, 0.29) is 5.95 Å². The Labute approximate surface area is 124 Å². The highest BCUT2D eigenvalue weighted by atomic mass is 15.3. The van der Waals surface area contributed by atoms with Crippen LogP contribution in [0.15, 0.2) is 30.3 Å². The van der Waals surface area contributed by atoms with Gasteiger partial charge in [0.25, 0.3) is 0 Å². The summed E-state index contributed by atoms with van der Waals surface area (Å²) in [5.74, 6) is 1.87. The standard InChI is InChI=1S/C15H20N6/c1-10-4-3-5-11(6-10)18-13-7-14(20-15(16)19-13)21-8-12(9-21)17-2/h3-7,12,17H,8-9H2,1-2H3,(H3,16,18,19,20). The molecule has 0 aliphatic carbocycles. The van der Waals surface area contributed by atoms with Crippen LogP contribution >= 0.6 is 0 Å². The topological polar surface area (TPSA) is 79.1 Å². The molecule has 6 nitrogen and oxygen atoms in total. The number of aromatic nitrogens is 2. The van der Waals surface area contributed by atoms with Gasteiger partial charge in [0.15, 0.2) is 0 Å². The molecule has 1 aliphatic rings. The molecule has 110 valence electrons. The van der Waals surface area contributed by atoms with E-state index in [1.807, 2.05) is 25.2 Å². The first-order valence-electron chi connectivity index (χ1n) is 7.04. The normalized spacial score (nSPS) is 14.9. The number of likely N-dealkylation sites (N-methyl/N-ethyl adjacent to an activating group) is 1. The van der Waals surface area contributed by atoms with Gasteiger partial charge in [-0.1, -0.05) is 12.1 Å². The molecule has 2 heterocycles. The number of benzene rings is 1. The average molecular weight is 284 g/mol. The number of hydrogen-bond donors (Lipinski definition) is 3. The molecule has 0 radical (unpaired) electrons. The van der Waals surface area contributed by atoms with Crippen molar-refractivity contribution >= 4 is 23.3 Å². The molecule has 0 amide bonds. The molecule has 1 saturated heterocycles. The van der Waals surface area contributed by atoms with Gasteiger partial charge in [-0.15, -0.1) is 0 Å². The van der Waals surface area contributed by atoms with Gasteiger partial charge in [-0.3, -0.25) is 0 Å². The van der Waals surface area contributed by atoms with E-state index in [4.69, 9.17) is 5.73 Å². The zero-order chi connectivity index (χ0) is 14.8. The number of nitrogens with zero attached hydrogens (tertiary/aromatic N) is 3. The molecular formula is C15H20N6. The van der Waals surface area contributed by atoms with Crippen LogP contribution in [0.1, 0.15) is 5.56 Å². The minimum absolute atomic E-state index is 0.288. The fourth-order valence-electron chi connectivity index (χ4n) is 2.40. The van der Waals surface area contributed by atoms with E-state index in [0.29, 0.717) is 6.04 Å². The third-order valence-corrected chi connectivity index (χ3v) is 3.63. The molecule has 0 spiro atoms. The summed E-state index contributed by atoms with van der Waals surface area (Å²) in [4.78, 5) is 10.7. The summed E-state index contributed by atoms with van der Waals surface area (Å²) in [5.41, 5.74) is 8.01. The highest BCUT2D eigenvalue weighted by molar-refractivity contribution is 5.62. The Bertz CT molecular complexity index is 636. The van der Waals surface area contributed by atoms with Gasteiger partial charge in [-0.05, 0) is 31.7 Å². The summed E-state index contributed by atoms with van der Waals surface area (Å²) >= 11 is 0. The Hall–Kier alpha value is -2.34.